The van der Waals surface area contributed by atoms with E-state index in [4.69, 9.17) is 4.74 Å². The summed E-state index contributed by atoms with van der Waals surface area (Å²) < 4.78 is 5.19. The Hall–Kier alpha value is -2.08. The summed E-state index contributed by atoms with van der Waals surface area (Å²) in [6, 6.07) is 7.35. The highest BCUT2D eigenvalue weighted by Crippen LogP contribution is 2.11. The summed E-state index contributed by atoms with van der Waals surface area (Å²) >= 11 is 0. The minimum absolute atomic E-state index is 0.0646. The molecule has 0 unspecified atom stereocenters. The Kier molecular flexibility index (Phi) is 5.83. The van der Waals surface area contributed by atoms with Gasteiger partial charge in [-0.1, -0.05) is 12.1 Å². The van der Waals surface area contributed by atoms with Crippen LogP contribution < -0.4 is 5.32 Å². The number of alkyl carbamates (subject to hydrolysis) is 1. The van der Waals surface area contributed by atoms with Gasteiger partial charge in [-0.05, 0) is 45.5 Å². The van der Waals surface area contributed by atoms with Crippen LogP contribution in [0.1, 0.15) is 36.7 Å². The van der Waals surface area contributed by atoms with Crippen LogP contribution in [0.4, 0.5) is 4.79 Å². The number of hydrogen-bond acceptors (Lipinski definition) is 4. The number of carbonyl (C=O) groups excluding carboxylic acids is 2. The Labute approximate surface area is 143 Å². The maximum Gasteiger partial charge on any atom is 0.407 e. The lowest BCUT2D eigenvalue weighted by Crippen LogP contribution is -2.47. The summed E-state index contributed by atoms with van der Waals surface area (Å²) in [6.45, 7) is 9.18. The van der Waals surface area contributed by atoms with E-state index in [0.29, 0.717) is 12.1 Å². The number of nitrogens with zero attached hydrogens (tertiary/aromatic N) is 2. The van der Waals surface area contributed by atoms with Gasteiger partial charge in [0.25, 0.3) is 5.91 Å². The minimum atomic E-state index is -0.511. The van der Waals surface area contributed by atoms with Gasteiger partial charge in [-0.2, -0.15) is 0 Å². The molecule has 0 bridgehead atoms. The topological polar surface area (TPSA) is 61.9 Å². The van der Waals surface area contributed by atoms with Crippen molar-refractivity contribution < 1.29 is 14.3 Å². The average molecular weight is 333 g/mol. The molecule has 1 aromatic carbocycles. The van der Waals surface area contributed by atoms with Crippen LogP contribution in [-0.2, 0) is 11.3 Å². The molecule has 1 heterocycles. The summed E-state index contributed by atoms with van der Waals surface area (Å²) in [7, 11) is 2.06. The first-order valence-corrected chi connectivity index (χ1v) is 8.28. The number of carbonyl (C=O) groups is 2. The van der Waals surface area contributed by atoms with Crippen molar-refractivity contribution in [1.29, 1.82) is 0 Å². The Morgan fingerprint density at radius 3 is 2.21 bits per heavy atom. The standard InChI is InChI=1S/C18H27N3O3/c1-18(2,3)24-17(23)19-13-14-5-7-15(8-6-14)16(22)21-11-9-20(4)10-12-21/h5-8H,9-13H2,1-4H3,(H,19,23). The Morgan fingerprint density at radius 1 is 1.08 bits per heavy atom. The predicted octanol–water partition coefficient (Wildman–Crippen LogP) is 2.10. The zero-order valence-corrected chi connectivity index (χ0v) is 15.0. The van der Waals surface area contributed by atoms with Crippen molar-refractivity contribution in [3.63, 3.8) is 0 Å². The fourth-order valence-corrected chi connectivity index (χ4v) is 2.45. The summed E-state index contributed by atoms with van der Waals surface area (Å²) in [5.41, 5.74) is 1.10. The Morgan fingerprint density at radius 2 is 1.67 bits per heavy atom. The smallest absolute Gasteiger partial charge is 0.407 e. The van der Waals surface area contributed by atoms with Gasteiger partial charge in [0.15, 0.2) is 0 Å². The number of benzene rings is 1. The SMILES string of the molecule is CN1CCN(C(=O)c2ccc(CNC(=O)OC(C)(C)C)cc2)CC1. The second-order valence-electron chi connectivity index (χ2n) is 7.15. The number of rotatable bonds is 3. The third-order valence-electron chi connectivity index (χ3n) is 3.83. The van der Waals surface area contributed by atoms with Gasteiger partial charge in [0.1, 0.15) is 5.60 Å². The number of nitrogens with one attached hydrogen (secondary N) is 1. The van der Waals surface area contributed by atoms with Gasteiger partial charge < -0.3 is 19.9 Å². The summed E-state index contributed by atoms with van der Waals surface area (Å²) in [5.74, 6) is 0.0646. The van der Waals surface area contributed by atoms with Crippen LogP contribution in [0, 0.1) is 0 Å². The van der Waals surface area contributed by atoms with E-state index in [1.54, 1.807) is 0 Å². The monoisotopic (exact) mass is 333 g/mol. The number of piperazine rings is 1. The molecule has 0 atom stereocenters. The highest BCUT2D eigenvalue weighted by molar-refractivity contribution is 5.94. The molecule has 6 nitrogen and oxygen atoms in total. The molecule has 6 heteroatoms. The minimum Gasteiger partial charge on any atom is -0.444 e. The van der Waals surface area contributed by atoms with Gasteiger partial charge in [-0.3, -0.25) is 4.79 Å². The number of amides is 2. The lowest BCUT2D eigenvalue weighted by Gasteiger charge is -2.32. The van der Waals surface area contributed by atoms with Crippen molar-refractivity contribution in [3.05, 3.63) is 35.4 Å². The van der Waals surface area contributed by atoms with Gasteiger partial charge in [-0.25, -0.2) is 4.79 Å². The molecule has 24 heavy (non-hydrogen) atoms. The molecule has 0 saturated carbocycles. The van der Waals surface area contributed by atoms with Crippen molar-refractivity contribution in [2.45, 2.75) is 32.9 Å². The molecule has 1 fully saturated rings. The molecule has 0 aromatic heterocycles. The fraction of sp³-hybridized carbons (Fsp3) is 0.556. The highest BCUT2D eigenvalue weighted by Gasteiger charge is 2.20. The van der Waals surface area contributed by atoms with Crippen LogP contribution in [0.25, 0.3) is 0 Å². The van der Waals surface area contributed by atoms with Crippen LogP contribution in [0.3, 0.4) is 0 Å². The molecule has 1 aromatic rings. The molecule has 132 valence electrons. The van der Waals surface area contributed by atoms with Gasteiger partial charge >= 0.3 is 6.09 Å². The molecule has 2 rings (SSSR count). The molecule has 0 aliphatic carbocycles. The molecule has 1 aliphatic rings. The molecular formula is C18H27N3O3. The van der Waals surface area contributed by atoms with E-state index in [1.807, 2.05) is 49.9 Å². The molecule has 0 radical (unpaired) electrons. The van der Waals surface area contributed by atoms with E-state index < -0.39 is 11.7 Å². The largest absolute Gasteiger partial charge is 0.444 e. The van der Waals surface area contributed by atoms with Crippen LogP contribution >= 0.6 is 0 Å². The normalized spacial score (nSPS) is 15.9. The lowest BCUT2D eigenvalue weighted by molar-refractivity contribution is 0.0523. The number of ether oxygens (including phenoxy) is 1. The molecule has 1 saturated heterocycles. The van der Waals surface area contributed by atoms with Gasteiger partial charge in [0.05, 0.1) is 0 Å². The van der Waals surface area contributed by atoms with E-state index in [2.05, 4.69) is 17.3 Å². The third-order valence-corrected chi connectivity index (χ3v) is 3.83. The number of likely N-dealkylation sites (N-methyl/N-ethyl adjacent to an activating group) is 1. The van der Waals surface area contributed by atoms with Gasteiger partial charge in [-0.15, -0.1) is 0 Å². The van der Waals surface area contributed by atoms with Crippen molar-refractivity contribution in [2.24, 2.45) is 0 Å². The van der Waals surface area contributed by atoms with Crippen molar-refractivity contribution in [3.8, 4) is 0 Å². The van der Waals surface area contributed by atoms with E-state index in [1.165, 1.54) is 0 Å². The first kappa shape index (κ1) is 18.3. The van der Waals surface area contributed by atoms with Crippen molar-refractivity contribution in [1.82, 2.24) is 15.1 Å². The van der Waals surface area contributed by atoms with E-state index >= 15 is 0 Å². The summed E-state index contributed by atoms with van der Waals surface area (Å²) in [5, 5.41) is 2.71. The quantitative estimate of drug-likeness (QED) is 0.920. The maximum atomic E-state index is 12.5. The second kappa shape index (κ2) is 7.66. The van der Waals surface area contributed by atoms with E-state index in [0.717, 1.165) is 31.7 Å². The van der Waals surface area contributed by atoms with Crippen molar-refractivity contribution in [2.75, 3.05) is 33.2 Å². The molecule has 1 aliphatic heterocycles. The highest BCUT2D eigenvalue weighted by atomic mass is 16.6. The first-order valence-electron chi connectivity index (χ1n) is 8.28. The average Bonchev–Trinajstić information content (AvgIpc) is 2.52. The molecule has 0 spiro atoms. The summed E-state index contributed by atoms with van der Waals surface area (Å²) in [6.07, 6.45) is -0.444. The van der Waals surface area contributed by atoms with E-state index in [9.17, 15) is 9.59 Å². The van der Waals surface area contributed by atoms with Crippen LogP contribution in [0.5, 0.6) is 0 Å². The first-order chi connectivity index (χ1) is 11.2. The molecular weight excluding hydrogens is 306 g/mol. The lowest BCUT2D eigenvalue weighted by atomic mass is 10.1. The predicted molar refractivity (Wildman–Crippen MR) is 92.9 cm³/mol. The van der Waals surface area contributed by atoms with Crippen LogP contribution in [-0.4, -0.2) is 60.6 Å². The molecule has 1 N–H and O–H groups in total. The number of hydrogen-bond donors (Lipinski definition) is 1. The zero-order chi connectivity index (χ0) is 17.7. The fourth-order valence-electron chi connectivity index (χ4n) is 2.45. The Balaban J connectivity index is 1.86. The maximum absolute atomic E-state index is 12.5. The Bertz CT molecular complexity index is 570. The van der Waals surface area contributed by atoms with Gasteiger partial charge in [0, 0.05) is 38.3 Å². The van der Waals surface area contributed by atoms with Gasteiger partial charge in [0.2, 0.25) is 0 Å². The van der Waals surface area contributed by atoms with E-state index in [-0.39, 0.29) is 5.91 Å². The summed E-state index contributed by atoms with van der Waals surface area (Å²) in [4.78, 5) is 28.2. The van der Waals surface area contributed by atoms with Crippen LogP contribution in [0.2, 0.25) is 0 Å². The third kappa shape index (κ3) is 5.53. The molecule has 2 amide bonds. The zero-order valence-electron chi connectivity index (χ0n) is 15.0. The second-order valence-corrected chi connectivity index (χ2v) is 7.15. The van der Waals surface area contributed by atoms with Crippen LogP contribution in [0.15, 0.2) is 24.3 Å². The van der Waals surface area contributed by atoms with Crippen molar-refractivity contribution >= 4 is 12.0 Å².